The van der Waals surface area contributed by atoms with Crippen LogP contribution in [0.4, 0.5) is 0 Å². The van der Waals surface area contributed by atoms with Gasteiger partial charge in [0.05, 0.1) is 18.9 Å². The van der Waals surface area contributed by atoms with E-state index in [4.69, 9.17) is 8.92 Å². The molecule has 2 aromatic carbocycles. The maximum Gasteiger partial charge on any atom is 0.306 e. The molecule has 0 N–H and O–H groups in total. The van der Waals surface area contributed by atoms with E-state index in [1.165, 1.54) is 17.5 Å². The number of aromatic nitrogens is 1. The van der Waals surface area contributed by atoms with Crippen LogP contribution in [-0.4, -0.2) is 46.0 Å². The minimum Gasteiger partial charge on any atom is -0.493 e. The third kappa shape index (κ3) is 5.56. The van der Waals surface area contributed by atoms with E-state index in [0.717, 1.165) is 11.6 Å². The second-order valence-corrected chi connectivity index (χ2v) is 11.3. The molecule has 0 aliphatic rings. The predicted molar refractivity (Wildman–Crippen MR) is 123 cm³/mol. The molecule has 0 amide bonds. The highest BCUT2D eigenvalue weighted by atomic mass is 32.2. The monoisotopic (exact) mass is 478 g/mol. The van der Waals surface area contributed by atoms with Gasteiger partial charge >= 0.3 is 10.1 Å². The molecular weight excluding hydrogens is 452 g/mol. The summed E-state index contributed by atoms with van der Waals surface area (Å²) in [5.41, 5.74) is 0.960. The van der Waals surface area contributed by atoms with E-state index in [2.05, 4.69) is 4.98 Å². The van der Waals surface area contributed by atoms with Crippen molar-refractivity contribution in [2.45, 2.75) is 25.3 Å². The highest BCUT2D eigenvalue weighted by Crippen LogP contribution is 2.31. The van der Waals surface area contributed by atoms with Crippen LogP contribution in [0.1, 0.15) is 19.4 Å². The number of fused-ring (bicyclic) bond motifs is 1. The second kappa shape index (κ2) is 9.43. The zero-order chi connectivity index (χ0) is 23.5. The summed E-state index contributed by atoms with van der Waals surface area (Å²) in [7, 11) is -6.30. The van der Waals surface area contributed by atoms with E-state index in [1.807, 2.05) is 26.0 Å². The zero-order valence-corrected chi connectivity index (χ0v) is 20.0. The first-order valence-corrected chi connectivity index (χ1v) is 13.2. The van der Waals surface area contributed by atoms with Crippen molar-refractivity contribution in [3.05, 3.63) is 60.3 Å². The lowest BCUT2D eigenvalue weighted by Crippen LogP contribution is -2.34. The average Bonchev–Trinajstić information content (AvgIpc) is 2.71. The molecule has 0 aliphatic carbocycles. The van der Waals surface area contributed by atoms with Gasteiger partial charge in [0.15, 0.2) is 11.5 Å². The molecule has 172 valence electrons. The van der Waals surface area contributed by atoms with Crippen LogP contribution >= 0.6 is 0 Å². The van der Waals surface area contributed by atoms with Crippen LogP contribution in [0, 0.1) is 5.92 Å². The Morgan fingerprint density at radius 2 is 1.72 bits per heavy atom. The van der Waals surface area contributed by atoms with Gasteiger partial charge in [-0.25, -0.2) is 8.42 Å². The van der Waals surface area contributed by atoms with Crippen molar-refractivity contribution < 1.29 is 25.8 Å². The number of sulfonamides is 1. The van der Waals surface area contributed by atoms with Crippen molar-refractivity contribution in [2.24, 2.45) is 5.92 Å². The number of hydrogen-bond donors (Lipinski definition) is 0. The number of ether oxygens (including phenoxy) is 1. The van der Waals surface area contributed by atoms with Gasteiger partial charge in [-0.2, -0.15) is 12.7 Å². The first kappa shape index (κ1) is 24.0. The summed E-state index contributed by atoms with van der Waals surface area (Å²) in [4.78, 5) is 4.41. The van der Waals surface area contributed by atoms with Gasteiger partial charge < -0.3 is 8.92 Å². The van der Waals surface area contributed by atoms with E-state index in [1.54, 1.807) is 36.5 Å². The molecule has 10 heteroatoms. The Morgan fingerprint density at radius 1 is 1.00 bits per heavy atom. The minimum absolute atomic E-state index is 0.00113. The second-order valence-electron chi connectivity index (χ2n) is 7.80. The Kier molecular flexibility index (Phi) is 7.06. The highest BCUT2D eigenvalue weighted by Gasteiger charge is 2.28. The summed E-state index contributed by atoms with van der Waals surface area (Å²) in [5, 5.41) is 0.728. The maximum absolute atomic E-state index is 13.7. The standard InChI is InChI=1S/C22H26N2O6S2/c1-16(2)14-24(15-17-10-11-19(29-3)20(13-17)30-31(4,25)26)32(27,28)21-9-5-7-18-8-6-12-23-22(18)21/h5-13,16H,14-15H2,1-4H3. The van der Waals surface area contributed by atoms with Crippen LogP contribution in [-0.2, 0) is 26.7 Å². The Balaban J connectivity index is 2.05. The van der Waals surface area contributed by atoms with Crippen LogP contribution in [0.3, 0.4) is 0 Å². The number of methoxy groups -OCH3 is 1. The minimum atomic E-state index is -3.90. The largest absolute Gasteiger partial charge is 0.493 e. The van der Waals surface area contributed by atoms with E-state index in [0.29, 0.717) is 11.1 Å². The highest BCUT2D eigenvalue weighted by molar-refractivity contribution is 7.89. The molecule has 1 aromatic heterocycles. The molecule has 0 spiro atoms. The Bertz CT molecular complexity index is 1320. The van der Waals surface area contributed by atoms with Crippen LogP contribution in [0.15, 0.2) is 59.6 Å². The van der Waals surface area contributed by atoms with Crippen LogP contribution in [0.5, 0.6) is 11.5 Å². The summed E-state index contributed by atoms with van der Waals surface area (Å²) in [6, 6.07) is 13.3. The first-order valence-electron chi connectivity index (χ1n) is 9.91. The van der Waals surface area contributed by atoms with Crippen LogP contribution in [0.25, 0.3) is 10.9 Å². The predicted octanol–water partition coefficient (Wildman–Crippen LogP) is 3.43. The van der Waals surface area contributed by atoms with E-state index < -0.39 is 20.1 Å². The fourth-order valence-corrected chi connectivity index (χ4v) is 5.54. The van der Waals surface area contributed by atoms with E-state index in [-0.39, 0.29) is 35.4 Å². The number of rotatable bonds is 9. The Morgan fingerprint density at radius 3 is 2.38 bits per heavy atom. The molecule has 3 rings (SSSR count). The van der Waals surface area contributed by atoms with Gasteiger partial charge in [0, 0.05) is 24.7 Å². The zero-order valence-electron chi connectivity index (χ0n) is 18.3. The molecular formula is C22H26N2O6S2. The molecule has 0 saturated heterocycles. The number of benzene rings is 2. The summed E-state index contributed by atoms with van der Waals surface area (Å²) in [5.74, 6) is 0.287. The van der Waals surface area contributed by atoms with Gasteiger partial charge in [-0.1, -0.05) is 38.1 Å². The molecule has 0 radical (unpaired) electrons. The lowest BCUT2D eigenvalue weighted by molar-refractivity contribution is 0.360. The third-order valence-corrected chi connectivity index (χ3v) is 6.94. The normalized spacial score (nSPS) is 12.4. The maximum atomic E-state index is 13.7. The fourth-order valence-electron chi connectivity index (χ4n) is 3.33. The molecule has 0 aliphatic heterocycles. The first-order chi connectivity index (χ1) is 15.0. The molecule has 1 heterocycles. The van der Waals surface area contributed by atoms with Crippen molar-refractivity contribution in [2.75, 3.05) is 19.9 Å². The smallest absolute Gasteiger partial charge is 0.306 e. The summed E-state index contributed by atoms with van der Waals surface area (Å²) < 4.78 is 62.1. The van der Waals surface area contributed by atoms with E-state index in [9.17, 15) is 16.8 Å². The summed E-state index contributed by atoms with van der Waals surface area (Å²) in [6.07, 6.45) is 2.49. The Labute approximate surface area is 189 Å². The lowest BCUT2D eigenvalue weighted by Gasteiger charge is -2.25. The van der Waals surface area contributed by atoms with Crippen molar-refractivity contribution in [1.29, 1.82) is 0 Å². The van der Waals surface area contributed by atoms with Gasteiger partial charge in [-0.05, 0) is 35.7 Å². The SMILES string of the molecule is COc1ccc(CN(CC(C)C)S(=O)(=O)c2cccc3cccnc23)cc1OS(C)(=O)=O. The number of nitrogens with zero attached hydrogens (tertiary/aromatic N) is 2. The van der Waals surface area contributed by atoms with E-state index >= 15 is 0 Å². The summed E-state index contributed by atoms with van der Waals surface area (Å²) in [6.45, 7) is 4.14. The summed E-state index contributed by atoms with van der Waals surface area (Å²) >= 11 is 0. The van der Waals surface area contributed by atoms with Crippen molar-refractivity contribution in [3.63, 3.8) is 0 Å². The van der Waals surface area contributed by atoms with Crippen LogP contribution < -0.4 is 8.92 Å². The van der Waals surface area contributed by atoms with Gasteiger partial charge in [-0.15, -0.1) is 0 Å². The molecule has 0 bridgehead atoms. The van der Waals surface area contributed by atoms with Gasteiger partial charge in [0.2, 0.25) is 10.0 Å². The molecule has 32 heavy (non-hydrogen) atoms. The fraction of sp³-hybridized carbons (Fsp3) is 0.318. The molecule has 3 aromatic rings. The molecule has 0 fully saturated rings. The van der Waals surface area contributed by atoms with Crippen molar-refractivity contribution in [3.8, 4) is 11.5 Å². The molecule has 0 saturated carbocycles. The van der Waals surface area contributed by atoms with Crippen molar-refractivity contribution in [1.82, 2.24) is 9.29 Å². The van der Waals surface area contributed by atoms with Gasteiger partial charge in [-0.3, -0.25) is 4.98 Å². The van der Waals surface area contributed by atoms with Gasteiger partial charge in [0.1, 0.15) is 4.90 Å². The number of para-hydroxylation sites is 1. The molecule has 0 atom stereocenters. The number of pyridine rings is 1. The third-order valence-electron chi connectivity index (χ3n) is 4.61. The topological polar surface area (TPSA) is 103 Å². The van der Waals surface area contributed by atoms with Crippen LogP contribution in [0.2, 0.25) is 0 Å². The lowest BCUT2D eigenvalue weighted by atomic mass is 10.2. The average molecular weight is 479 g/mol. The van der Waals surface area contributed by atoms with Crippen molar-refractivity contribution >= 4 is 31.0 Å². The molecule has 8 nitrogen and oxygen atoms in total. The molecule has 0 unspecified atom stereocenters. The quantitative estimate of drug-likeness (QED) is 0.434. The number of hydrogen-bond acceptors (Lipinski definition) is 7. The Hall–Kier alpha value is -2.69. The van der Waals surface area contributed by atoms with Gasteiger partial charge in [0.25, 0.3) is 0 Å².